The fraction of sp³-hybridized carbons (Fsp3) is 0.200. The number of benzene rings is 3. The Hall–Kier alpha value is -5.32. The van der Waals surface area contributed by atoms with E-state index in [4.69, 9.17) is 19.0 Å². The second-order valence-corrected chi connectivity index (χ2v) is 9.27. The summed E-state index contributed by atoms with van der Waals surface area (Å²) < 4.78 is 16.5. The second-order valence-electron chi connectivity index (χ2n) is 9.27. The number of fused-ring (bicyclic) bond motifs is 1. The van der Waals surface area contributed by atoms with E-state index in [9.17, 15) is 19.2 Å². The molecule has 0 radical (unpaired) electrons. The Bertz CT molecular complexity index is 1690. The Morgan fingerprint density at radius 3 is 2.22 bits per heavy atom. The van der Waals surface area contributed by atoms with Gasteiger partial charge in [0.15, 0.2) is 22.7 Å². The number of rotatable bonds is 9. The molecule has 0 bridgehead atoms. The van der Waals surface area contributed by atoms with Crippen LogP contribution in [0.2, 0.25) is 0 Å². The lowest BCUT2D eigenvalue weighted by Crippen LogP contribution is -2.23. The number of hydrogen-bond acceptors (Lipinski definition) is 7. The molecule has 41 heavy (non-hydrogen) atoms. The minimum Gasteiger partial charge on any atom is -0.493 e. The number of hydrogen-bond donors (Lipinski definition) is 4. The van der Waals surface area contributed by atoms with Crippen molar-refractivity contribution in [1.29, 1.82) is 0 Å². The second kappa shape index (κ2) is 12.2. The van der Waals surface area contributed by atoms with Crippen molar-refractivity contribution >= 4 is 40.3 Å². The van der Waals surface area contributed by atoms with Gasteiger partial charge in [-0.3, -0.25) is 14.4 Å². The zero-order chi connectivity index (χ0) is 29.7. The molecule has 212 valence electrons. The van der Waals surface area contributed by atoms with E-state index in [0.29, 0.717) is 28.6 Å². The maximum atomic E-state index is 13.4. The lowest BCUT2D eigenvalue weighted by atomic mass is 10.1. The Labute approximate surface area is 235 Å². The predicted molar refractivity (Wildman–Crippen MR) is 154 cm³/mol. The summed E-state index contributed by atoms with van der Waals surface area (Å²) >= 11 is 0. The van der Waals surface area contributed by atoms with Gasteiger partial charge in [-0.05, 0) is 61.2 Å². The van der Waals surface area contributed by atoms with Crippen LogP contribution in [0, 0.1) is 13.8 Å². The fourth-order valence-corrected chi connectivity index (χ4v) is 4.34. The number of carbonyl (C=O) groups is 3. The standard InChI is InChI=1S/C30H29N3O8/c1-16-11-17(2)27-21(12-16)23(34)15-26(41-27)29(36)33-22-14-25(40-4)24(39-3)13-20(22)28(35)32-19-7-5-18(6-8-19)9-10-31-30(37)38/h5-8,11-15,31H,9-10H2,1-4H3,(H,32,35)(H,33,36)(H,37,38). The molecule has 3 aromatic carbocycles. The molecule has 0 aliphatic carbocycles. The highest BCUT2D eigenvalue weighted by atomic mass is 16.5. The van der Waals surface area contributed by atoms with Gasteiger partial charge in [-0.2, -0.15) is 0 Å². The third-order valence-electron chi connectivity index (χ3n) is 6.30. The van der Waals surface area contributed by atoms with Gasteiger partial charge in [0.2, 0.25) is 0 Å². The summed E-state index contributed by atoms with van der Waals surface area (Å²) in [7, 11) is 2.84. The Kier molecular flexibility index (Phi) is 8.57. The Balaban J connectivity index is 1.62. The van der Waals surface area contributed by atoms with Crippen LogP contribution in [0.4, 0.5) is 16.2 Å². The molecule has 11 nitrogen and oxygen atoms in total. The Morgan fingerprint density at radius 2 is 1.56 bits per heavy atom. The van der Waals surface area contributed by atoms with Gasteiger partial charge < -0.3 is 34.9 Å². The molecular weight excluding hydrogens is 530 g/mol. The average molecular weight is 560 g/mol. The van der Waals surface area contributed by atoms with E-state index in [1.54, 1.807) is 37.3 Å². The van der Waals surface area contributed by atoms with Crippen LogP contribution in [0.1, 0.15) is 37.6 Å². The topological polar surface area (TPSA) is 156 Å². The molecule has 0 saturated heterocycles. The minimum atomic E-state index is -1.10. The summed E-state index contributed by atoms with van der Waals surface area (Å²) in [5, 5.41) is 16.8. The summed E-state index contributed by atoms with van der Waals surface area (Å²) in [4.78, 5) is 50.0. The molecule has 0 aliphatic heterocycles. The highest BCUT2D eigenvalue weighted by Gasteiger charge is 2.21. The van der Waals surface area contributed by atoms with Crippen molar-refractivity contribution in [3.05, 3.63) is 92.8 Å². The summed E-state index contributed by atoms with van der Waals surface area (Å²) in [6.45, 7) is 3.91. The van der Waals surface area contributed by atoms with E-state index >= 15 is 0 Å². The van der Waals surface area contributed by atoms with E-state index < -0.39 is 17.9 Å². The van der Waals surface area contributed by atoms with Gasteiger partial charge in [0.25, 0.3) is 11.8 Å². The summed E-state index contributed by atoms with van der Waals surface area (Å²) in [6.07, 6.45) is -0.615. The van der Waals surface area contributed by atoms with Crippen LogP contribution in [0.15, 0.2) is 63.8 Å². The van der Waals surface area contributed by atoms with Gasteiger partial charge >= 0.3 is 6.09 Å². The molecule has 4 rings (SSSR count). The van der Waals surface area contributed by atoms with Crippen LogP contribution >= 0.6 is 0 Å². The zero-order valence-corrected chi connectivity index (χ0v) is 22.9. The van der Waals surface area contributed by atoms with Crippen LogP contribution in [0.5, 0.6) is 11.5 Å². The number of ether oxygens (including phenoxy) is 2. The van der Waals surface area contributed by atoms with Gasteiger partial charge in [0.1, 0.15) is 5.58 Å². The van der Waals surface area contributed by atoms with Crippen LogP contribution in [0.3, 0.4) is 0 Å². The van der Waals surface area contributed by atoms with Crippen molar-refractivity contribution in [2.45, 2.75) is 20.3 Å². The minimum absolute atomic E-state index is 0.0701. The summed E-state index contributed by atoms with van der Waals surface area (Å²) in [5.74, 6) is -0.967. The number of methoxy groups -OCH3 is 2. The summed E-state index contributed by atoms with van der Waals surface area (Å²) in [5.41, 5.74) is 3.07. The maximum absolute atomic E-state index is 13.4. The first-order valence-corrected chi connectivity index (χ1v) is 12.6. The molecule has 3 amide bonds. The SMILES string of the molecule is COc1cc(NC(=O)c2cc(=O)c3cc(C)cc(C)c3o2)c(C(=O)Nc2ccc(CCNC(=O)O)cc2)cc1OC. The number of anilines is 2. The average Bonchev–Trinajstić information content (AvgIpc) is 2.93. The van der Waals surface area contributed by atoms with E-state index in [1.807, 2.05) is 13.0 Å². The first-order chi connectivity index (χ1) is 19.6. The van der Waals surface area contributed by atoms with Crippen molar-refractivity contribution in [2.24, 2.45) is 0 Å². The quantitative estimate of drug-likeness (QED) is 0.229. The van der Waals surface area contributed by atoms with Crippen molar-refractivity contribution in [1.82, 2.24) is 5.32 Å². The molecule has 1 heterocycles. The molecule has 4 N–H and O–H groups in total. The molecule has 0 spiro atoms. The molecule has 4 aromatic rings. The van der Waals surface area contributed by atoms with Gasteiger partial charge in [-0.25, -0.2) is 4.79 Å². The molecule has 0 saturated carbocycles. The van der Waals surface area contributed by atoms with Gasteiger partial charge in [0, 0.05) is 24.4 Å². The zero-order valence-electron chi connectivity index (χ0n) is 22.9. The highest BCUT2D eigenvalue weighted by molar-refractivity contribution is 6.12. The van der Waals surface area contributed by atoms with Crippen molar-refractivity contribution < 1.29 is 33.4 Å². The van der Waals surface area contributed by atoms with E-state index in [0.717, 1.165) is 17.2 Å². The molecule has 1 aromatic heterocycles. The predicted octanol–water partition coefficient (Wildman–Crippen LogP) is 4.74. The molecule has 0 aliphatic rings. The third kappa shape index (κ3) is 6.64. The first kappa shape index (κ1) is 28.7. The molecule has 0 atom stereocenters. The van der Waals surface area contributed by atoms with E-state index in [2.05, 4.69) is 16.0 Å². The lowest BCUT2D eigenvalue weighted by molar-refractivity contribution is 0.0997. The van der Waals surface area contributed by atoms with Gasteiger partial charge in [-0.1, -0.05) is 18.2 Å². The molecule has 0 unspecified atom stereocenters. The first-order valence-electron chi connectivity index (χ1n) is 12.6. The lowest BCUT2D eigenvalue weighted by Gasteiger charge is -2.16. The van der Waals surface area contributed by atoms with Gasteiger partial charge in [0.05, 0.1) is 30.9 Å². The maximum Gasteiger partial charge on any atom is 0.404 e. The third-order valence-corrected chi connectivity index (χ3v) is 6.30. The van der Waals surface area contributed by atoms with Crippen LogP contribution in [-0.4, -0.2) is 43.8 Å². The van der Waals surface area contributed by atoms with Crippen molar-refractivity contribution in [3.63, 3.8) is 0 Å². The number of amides is 3. The number of carbonyl (C=O) groups excluding carboxylic acids is 2. The molecule has 11 heteroatoms. The number of nitrogens with one attached hydrogen (secondary N) is 3. The smallest absolute Gasteiger partial charge is 0.404 e. The van der Waals surface area contributed by atoms with Crippen LogP contribution in [0.25, 0.3) is 11.0 Å². The molecule has 0 fully saturated rings. The normalized spacial score (nSPS) is 10.6. The Morgan fingerprint density at radius 1 is 0.878 bits per heavy atom. The van der Waals surface area contributed by atoms with Crippen LogP contribution in [-0.2, 0) is 6.42 Å². The summed E-state index contributed by atoms with van der Waals surface area (Å²) in [6, 6.07) is 14.4. The fourth-order valence-electron chi connectivity index (χ4n) is 4.34. The van der Waals surface area contributed by atoms with Crippen LogP contribution < -0.4 is 30.9 Å². The van der Waals surface area contributed by atoms with Crippen molar-refractivity contribution in [3.8, 4) is 11.5 Å². The van der Waals surface area contributed by atoms with E-state index in [-0.39, 0.29) is 40.5 Å². The van der Waals surface area contributed by atoms with Gasteiger partial charge in [-0.15, -0.1) is 0 Å². The largest absolute Gasteiger partial charge is 0.493 e. The monoisotopic (exact) mass is 559 g/mol. The van der Waals surface area contributed by atoms with Crippen molar-refractivity contribution in [2.75, 3.05) is 31.4 Å². The number of aryl methyl sites for hydroxylation is 2. The highest BCUT2D eigenvalue weighted by Crippen LogP contribution is 2.34. The molecular formula is C30H29N3O8. The van der Waals surface area contributed by atoms with E-state index in [1.165, 1.54) is 26.4 Å². The number of carboxylic acid groups (broad SMARTS) is 1.